The first kappa shape index (κ1) is 23.7. The van der Waals surface area contributed by atoms with E-state index in [4.69, 9.17) is 22.1 Å². The van der Waals surface area contributed by atoms with E-state index in [1.807, 2.05) is 39.1 Å². The molecule has 1 aromatic carbocycles. The monoisotopic (exact) mass is 507 g/mol. The number of carbonyl (C=O) groups excluding carboxylic acids is 1. The van der Waals surface area contributed by atoms with Crippen molar-refractivity contribution in [2.45, 2.75) is 52.5 Å². The van der Waals surface area contributed by atoms with Gasteiger partial charge < -0.3 is 20.7 Å². The lowest BCUT2D eigenvalue weighted by molar-refractivity contribution is 0.104. The Balaban J connectivity index is 0.00000132. The summed E-state index contributed by atoms with van der Waals surface area (Å²) in [6.07, 6.45) is 7.53. The second kappa shape index (κ2) is 10.6. The number of dihydropyridines is 1. The van der Waals surface area contributed by atoms with Crippen LogP contribution in [0.1, 0.15) is 51.2 Å². The molecule has 31 heavy (non-hydrogen) atoms. The zero-order chi connectivity index (χ0) is 22.5. The van der Waals surface area contributed by atoms with E-state index in [1.165, 1.54) is 27.8 Å². The molecule has 0 aromatic heterocycles. The molecule has 1 aromatic rings. The van der Waals surface area contributed by atoms with Gasteiger partial charge in [-0.2, -0.15) is 0 Å². The SMILES string of the molecule is CC.CCOC(=O)N1CCC(=C2c3cc(N)c(Cl)cc3CCC3=CC(Br)=CNC32)CC1. The Hall–Kier alpha value is -1.92. The van der Waals surface area contributed by atoms with Crippen molar-refractivity contribution >= 4 is 44.9 Å². The highest BCUT2D eigenvalue weighted by molar-refractivity contribution is 9.11. The zero-order valence-corrected chi connectivity index (χ0v) is 20.8. The Kier molecular flexibility index (Phi) is 8.11. The van der Waals surface area contributed by atoms with Crippen LogP contribution in [0, 0.1) is 0 Å². The first-order valence-electron chi connectivity index (χ1n) is 11.0. The summed E-state index contributed by atoms with van der Waals surface area (Å²) in [5, 5.41) is 4.18. The Morgan fingerprint density at radius 2 is 1.97 bits per heavy atom. The Bertz CT molecular complexity index is 929. The van der Waals surface area contributed by atoms with E-state index in [1.54, 1.807) is 4.90 Å². The van der Waals surface area contributed by atoms with Crippen LogP contribution in [0.3, 0.4) is 0 Å². The average molecular weight is 509 g/mol. The number of rotatable bonds is 1. The number of allylic oxidation sites excluding steroid dienone is 2. The summed E-state index contributed by atoms with van der Waals surface area (Å²) in [6, 6.07) is 4.15. The molecule has 7 heteroatoms. The van der Waals surface area contributed by atoms with Crippen molar-refractivity contribution in [3.05, 3.63) is 56.2 Å². The number of halogens is 2. The minimum absolute atomic E-state index is 0.113. The number of carbonyl (C=O) groups is 1. The topological polar surface area (TPSA) is 67.6 Å². The third-order valence-corrected chi connectivity index (χ3v) is 6.63. The molecule has 2 heterocycles. The minimum atomic E-state index is -0.225. The number of amides is 1. The van der Waals surface area contributed by atoms with Crippen LogP contribution in [-0.2, 0) is 11.2 Å². The van der Waals surface area contributed by atoms with Crippen molar-refractivity contribution in [2.75, 3.05) is 25.4 Å². The third-order valence-electron chi connectivity index (χ3n) is 5.84. The number of piperidine rings is 1. The number of anilines is 1. The van der Waals surface area contributed by atoms with Crippen LogP contribution < -0.4 is 11.1 Å². The fraction of sp³-hybridized carbons (Fsp3) is 0.458. The number of hydrogen-bond acceptors (Lipinski definition) is 4. The molecule has 0 saturated carbocycles. The third kappa shape index (κ3) is 5.12. The molecule has 0 bridgehead atoms. The fourth-order valence-corrected chi connectivity index (χ4v) is 5.03. The van der Waals surface area contributed by atoms with Gasteiger partial charge in [0.1, 0.15) is 0 Å². The van der Waals surface area contributed by atoms with E-state index < -0.39 is 0 Å². The van der Waals surface area contributed by atoms with Gasteiger partial charge in [-0.3, -0.25) is 0 Å². The Labute approximate surface area is 198 Å². The van der Waals surface area contributed by atoms with Crippen molar-refractivity contribution in [3.63, 3.8) is 0 Å². The number of nitrogens with zero attached hydrogens (tertiary/aromatic N) is 1. The van der Waals surface area contributed by atoms with Crippen LogP contribution in [-0.4, -0.2) is 36.7 Å². The molecular formula is C24H31BrClN3O2. The molecule has 1 fully saturated rings. The maximum Gasteiger partial charge on any atom is 0.409 e. The molecule has 5 nitrogen and oxygen atoms in total. The van der Waals surface area contributed by atoms with Gasteiger partial charge in [0.15, 0.2) is 0 Å². The van der Waals surface area contributed by atoms with Crippen LogP contribution in [0.4, 0.5) is 10.5 Å². The largest absolute Gasteiger partial charge is 0.450 e. The van der Waals surface area contributed by atoms with Gasteiger partial charge in [-0.1, -0.05) is 31.0 Å². The quantitative estimate of drug-likeness (QED) is 0.454. The second-order valence-corrected chi connectivity index (χ2v) is 8.91. The maximum atomic E-state index is 12.1. The molecule has 1 saturated heterocycles. The molecule has 4 rings (SSSR count). The van der Waals surface area contributed by atoms with Crippen LogP contribution in [0.15, 0.2) is 40.0 Å². The molecule has 168 valence electrons. The summed E-state index contributed by atoms with van der Waals surface area (Å²) in [7, 11) is 0. The summed E-state index contributed by atoms with van der Waals surface area (Å²) in [4.78, 5) is 13.9. The average Bonchev–Trinajstić information content (AvgIpc) is 2.92. The van der Waals surface area contributed by atoms with Gasteiger partial charge in [0, 0.05) is 23.8 Å². The Morgan fingerprint density at radius 3 is 2.65 bits per heavy atom. The summed E-state index contributed by atoms with van der Waals surface area (Å²) in [5.41, 5.74) is 13.2. The normalized spacial score (nSPS) is 20.2. The van der Waals surface area contributed by atoms with E-state index in [2.05, 4.69) is 27.3 Å². The number of hydrogen-bond donors (Lipinski definition) is 2. The number of aryl methyl sites for hydroxylation is 1. The highest BCUT2D eigenvalue weighted by Crippen LogP contribution is 2.41. The number of fused-ring (bicyclic) bond motifs is 2. The second-order valence-electron chi connectivity index (χ2n) is 7.58. The zero-order valence-electron chi connectivity index (χ0n) is 18.4. The lowest BCUT2D eigenvalue weighted by Gasteiger charge is -2.33. The van der Waals surface area contributed by atoms with Gasteiger partial charge in [0.2, 0.25) is 0 Å². The lowest BCUT2D eigenvalue weighted by atomic mass is 9.84. The summed E-state index contributed by atoms with van der Waals surface area (Å²) in [6.45, 7) is 7.57. The van der Waals surface area contributed by atoms with Crippen LogP contribution in [0.25, 0.3) is 5.57 Å². The van der Waals surface area contributed by atoms with Gasteiger partial charge in [-0.05, 0) is 89.0 Å². The maximum absolute atomic E-state index is 12.1. The number of benzene rings is 1. The predicted octanol–water partition coefficient (Wildman–Crippen LogP) is 6.04. The summed E-state index contributed by atoms with van der Waals surface area (Å²) >= 11 is 9.94. The predicted molar refractivity (Wildman–Crippen MR) is 132 cm³/mol. The standard InChI is InChI=1S/C22H25BrClN3O2.C2H6/c1-2-29-22(28)27-7-5-13(6-8-27)20-17-11-19(25)18(24)10-14(17)3-4-15-9-16(23)12-26-21(15)20;1-2/h9-12,21,26H,2-8,25H2,1H3;1-2H3. The summed E-state index contributed by atoms with van der Waals surface area (Å²) in [5.74, 6) is 0. The van der Waals surface area contributed by atoms with Crippen molar-refractivity contribution < 1.29 is 9.53 Å². The lowest BCUT2D eigenvalue weighted by Crippen LogP contribution is -2.38. The number of likely N-dealkylation sites (tertiary alicyclic amines) is 1. The molecule has 3 N–H and O–H groups in total. The van der Waals surface area contributed by atoms with E-state index in [0.29, 0.717) is 30.4 Å². The number of nitrogens with two attached hydrogens (primary N) is 1. The highest BCUT2D eigenvalue weighted by atomic mass is 79.9. The fourth-order valence-electron chi connectivity index (χ4n) is 4.42. The molecule has 1 atom stereocenters. The van der Waals surface area contributed by atoms with Gasteiger partial charge >= 0.3 is 6.09 Å². The van der Waals surface area contributed by atoms with Crippen molar-refractivity contribution in [1.82, 2.24) is 10.2 Å². The molecular weight excluding hydrogens is 478 g/mol. The van der Waals surface area contributed by atoms with Gasteiger partial charge in [-0.25, -0.2) is 4.79 Å². The molecule has 3 aliphatic rings. The molecule has 1 amide bonds. The van der Waals surface area contributed by atoms with Gasteiger partial charge in [0.25, 0.3) is 0 Å². The highest BCUT2D eigenvalue weighted by Gasteiger charge is 2.32. The number of nitrogens with one attached hydrogen (secondary N) is 1. The van der Waals surface area contributed by atoms with Crippen LogP contribution in [0.2, 0.25) is 5.02 Å². The van der Waals surface area contributed by atoms with Gasteiger partial charge in [0.05, 0.1) is 23.4 Å². The summed E-state index contributed by atoms with van der Waals surface area (Å²) < 4.78 is 6.22. The first-order chi connectivity index (χ1) is 15.0. The first-order valence-corrected chi connectivity index (χ1v) is 12.2. The van der Waals surface area contributed by atoms with E-state index in [-0.39, 0.29) is 12.1 Å². The molecule has 1 unspecified atom stereocenters. The van der Waals surface area contributed by atoms with Crippen molar-refractivity contribution in [3.8, 4) is 0 Å². The van der Waals surface area contributed by atoms with Crippen molar-refractivity contribution in [2.24, 2.45) is 0 Å². The molecule has 0 spiro atoms. The smallest absolute Gasteiger partial charge is 0.409 e. The molecule has 2 aliphatic heterocycles. The number of nitrogen functional groups attached to an aromatic ring is 1. The van der Waals surface area contributed by atoms with Gasteiger partial charge in [-0.15, -0.1) is 0 Å². The van der Waals surface area contributed by atoms with Crippen LogP contribution in [0.5, 0.6) is 0 Å². The van der Waals surface area contributed by atoms with E-state index in [9.17, 15) is 4.79 Å². The number of ether oxygens (including phenoxy) is 1. The van der Waals surface area contributed by atoms with Crippen molar-refractivity contribution in [1.29, 1.82) is 0 Å². The minimum Gasteiger partial charge on any atom is -0.450 e. The molecule has 0 radical (unpaired) electrons. The van der Waals surface area contributed by atoms with E-state index in [0.717, 1.165) is 30.2 Å². The molecule has 1 aliphatic carbocycles. The van der Waals surface area contributed by atoms with Crippen LogP contribution >= 0.6 is 27.5 Å². The Morgan fingerprint density at radius 1 is 1.26 bits per heavy atom. The van der Waals surface area contributed by atoms with E-state index >= 15 is 0 Å².